The lowest BCUT2D eigenvalue weighted by Crippen LogP contribution is -2.38. The Bertz CT molecular complexity index is 1080. The SMILES string of the molecule is CC1=C(C(=O)OCCc2ccccc2)C(c2ccc(C)s2)C2=C(CC(C)(C)CC2=O)N1. The van der Waals surface area contributed by atoms with Gasteiger partial charge in [-0.1, -0.05) is 44.2 Å². The number of allylic oxidation sites excluding steroid dienone is 3. The predicted molar refractivity (Wildman–Crippen MR) is 124 cm³/mol. The minimum absolute atomic E-state index is 0.0905. The molecular weight excluding hydrogens is 406 g/mol. The lowest BCUT2D eigenvalue weighted by Gasteiger charge is -2.39. The monoisotopic (exact) mass is 435 g/mol. The number of esters is 1. The van der Waals surface area contributed by atoms with E-state index in [0.29, 0.717) is 25.0 Å². The summed E-state index contributed by atoms with van der Waals surface area (Å²) in [6, 6.07) is 14.1. The third-order valence-corrected chi connectivity index (χ3v) is 7.04. The van der Waals surface area contributed by atoms with Gasteiger partial charge in [-0.2, -0.15) is 0 Å². The fourth-order valence-electron chi connectivity index (χ4n) is 4.58. The Kier molecular flexibility index (Phi) is 5.89. The van der Waals surface area contributed by atoms with Gasteiger partial charge in [0.1, 0.15) is 0 Å². The van der Waals surface area contributed by atoms with Crippen LogP contribution in [0.15, 0.2) is 65.0 Å². The lowest BCUT2D eigenvalue weighted by atomic mass is 9.70. The third-order valence-electron chi connectivity index (χ3n) is 5.97. The summed E-state index contributed by atoms with van der Waals surface area (Å²) in [5, 5.41) is 3.39. The van der Waals surface area contributed by atoms with Crippen LogP contribution in [0.4, 0.5) is 0 Å². The van der Waals surface area contributed by atoms with Crippen LogP contribution in [-0.2, 0) is 20.7 Å². The highest BCUT2D eigenvalue weighted by Gasteiger charge is 2.43. The van der Waals surface area contributed by atoms with Crippen LogP contribution < -0.4 is 5.32 Å². The first-order valence-electron chi connectivity index (χ1n) is 10.8. The van der Waals surface area contributed by atoms with E-state index in [1.54, 1.807) is 11.3 Å². The Morgan fingerprint density at radius 3 is 2.55 bits per heavy atom. The van der Waals surface area contributed by atoms with E-state index in [1.165, 1.54) is 0 Å². The molecule has 31 heavy (non-hydrogen) atoms. The number of ether oxygens (including phenoxy) is 1. The van der Waals surface area contributed by atoms with Gasteiger partial charge in [0.05, 0.1) is 18.1 Å². The van der Waals surface area contributed by atoms with Crippen LogP contribution >= 0.6 is 11.3 Å². The smallest absolute Gasteiger partial charge is 0.336 e. The first-order chi connectivity index (χ1) is 14.7. The van der Waals surface area contributed by atoms with Gasteiger partial charge in [0, 0.05) is 39.6 Å². The van der Waals surface area contributed by atoms with Gasteiger partial charge in [0.2, 0.25) is 0 Å². The predicted octanol–water partition coefficient (Wildman–Crippen LogP) is 5.45. The van der Waals surface area contributed by atoms with E-state index in [9.17, 15) is 9.59 Å². The standard InChI is InChI=1S/C26H29NO3S/c1-16-10-11-21(31-16)24-22(25(29)30-13-12-18-8-6-5-7-9-18)17(2)27-19-14-26(3,4)15-20(28)23(19)24/h5-11,24,27H,12-15H2,1-4H3. The first kappa shape index (κ1) is 21.6. The van der Waals surface area contributed by atoms with Crippen molar-refractivity contribution >= 4 is 23.1 Å². The van der Waals surface area contributed by atoms with Gasteiger partial charge < -0.3 is 10.1 Å². The number of hydrogen-bond acceptors (Lipinski definition) is 5. The summed E-state index contributed by atoms with van der Waals surface area (Å²) in [7, 11) is 0. The molecule has 0 saturated carbocycles. The van der Waals surface area contributed by atoms with Crippen molar-refractivity contribution in [1.29, 1.82) is 0 Å². The fraction of sp³-hybridized carbons (Fsp3) is 0.385. The van der Waals surface area contributed by atoms with Gasteiger partial charge in [-0.25, -0.2) is 4.79 Å². The molecule has 1 aromatic heterocycles. The average molecular weight is 436 g/mol. The number of carbonyl (C=O) groups is 2. The number of thiophene rings is 1. The van der Waals surface area contributed by atoms with Crippen molar-refractivity contribution in [2.75, 3.05) is 6.61 Å². The molecule has 2 aromatic rings. The molecule has 1 unspecified atom stereocenters. The minimum atomic E-state index is -0.359. The molecule has 4 nitrogen and oxygen atoms in total. The van der Waals surface area contributed by atoms with Crippen LogP contribution in [0.25, 0.3) is 0 Å². The van der Waals surface area contributed by atoms with E-state index in [1.807, 2.05) is 56.3 Å². The molecule has 5 heteroatoms. The molecule has 0 saturated heterocycles. The molecule has 1 atom stereocenters. The zero-order valence-corrected chi connectivity index (χ0v) is 19.4. The number of carbonyl (C=O) groups excluding carboxylic acids is 2. The van der Waals surface area contributed by atoms with E-state index < -0.39 is 0 Å². The fourth-order valence-corrected chi connectivity index (χ4v) is 5.58. The summed E-state index contributed by atoms with van der Waals surface area (Å²) in [5.74, 6) is -0.583. The maximum atomic E-state index is 13.2. The maximum absolute atomic E-state index is 13.2. The molecule has 2 heterocycles. The summed E-state index contributed by atoms with van der Waals surface area (Å²) in [6.45, 7) is 8.50. The Morgan fingerprint density at radius 1 is 1.13 bits per heavy atom. The van der Waals surface area contributed by atoms with Gasteiger partial charge in [-0.3, -0.25) is 4.79 Å². The third kappa shape index (κ3) is 4.52. The molecule has 1 aliphatic heterocycles. The summed E-state index contributed by atoms with van der Waals surface area (Å²) < 4.78 is 5.70. The molecule has 2 aliphatic rings. The van der Waals surface area contributed by atoms with Gasteiger partial charge in [0.15, 0.2) is 5.78 Å². The van der Waals surface area contributed by atoms with Crippen LogP contribution in [0.1, 0.15) is 54.8 Å². The second-order valence-electron chi connectivity index (χ2n) is 9.25. The second-order valence-corrected chi connectivity index (χ2v) is 10.6. The van der Waals surface area contributed by atoms with Crippen molar-refractivity contribution in [3.05, 3.63) is 80.3 Å². The number of aryl methyl sites for hydroxylation is 1. The van der Waals surface area contributed by atoms with E-state index >= 15 is 0 Å². The molecule has 1 N–H and O–H groups in total. The van der Waals surface area contributed by atoms with E-state index in [2.05, 4.69) is 19.2 Å². The molecule has 1 aliphatic carbocycles. The highest BCUT2D eigenvalue weighted by atomic mass is 32.1. The molecular formula is C26H29NO3S. The zero-order valence-electron chi connectivity index (χ0n) is 18.6. The zero-order chi connectivity index (χ0) is 22.2. The van der Waals surface area contributed by atoms with Crippen molar-refractivity contribution < 1.29 is 14.3 Å². The highest BCUT2D eigenvalue weighted by Crippen LogP contribution is 2.48. The Balaban J connectivity index is 1.64. The summed E-state index contributed by atoms with van der Waals surface area (Å²) in [5.41, 5.74) is 4.07. The molecule has 0 amide bonds. The second kappa shape index (κ2) is 8.46. The normalized spacial score (nSPS) is 20.4. The van der Waals surface area contributed by atoms with Crippen LogP contribution in [0, 0.1) is 12.3 Å². The first-order valence-corrected chi connectivity index (χ1v) is 11.6. The largest absolute Gasteiger partial charge is 0.462 e. The molecule has 4 rings (SSSR count). The van der Waals surface area contributed by atoms with Crippen molar-refractivity contribution in [1.82, 2.24) is 5.32 Å². The number of hydrogen-bond donors (Lipinski definition) is 1. The summed E-state index contributed by atoms with van der Waals surface area (Å²) in [6.07, 6.45) is 1.95. The van der Waals surface area contributed by atoms with Crippen LogP contribution in [0.3, 0.4) is 0 Å². The average Bonchev–Trinajstić information content (AvgIpc) is 3.12. The quantitative estimate of drug-likeness (QED) is 0.635. The van der Waals surface area contributed by atoms with Crippen LogP contribution in [-0.4, -0.2) is 18.4 Å². The molecule has 0 bridgehead atoms. The van der Waals surface area contributed by atoms with E-state index in [0.717, 1.165) is 38.7 Å². The van der Waals surface area contributed by atoms with Crippen molar-refractivity contribution in [2.45, 2.75) is 52.9 Å². The maximum Gasteiger partial charge on any atom is 0.336 e. The number of Topliss-reactive ketones (excluding diaryl/α,β-unsaturated/α-hetero) is 1. The number of benzene rings is 1. The van der Waals surface area contributed by atoms with E-state index in [-0.39, 0.29) is 23.1 Å². The molecule has 162 valence electrons. The van der Waals surface area contributed by atoms with Crippen molar-refractivity contribution in [2.24, 2.45) is 5.41 Å². The molecule has 1 aromatic carbocycles. The minimum Gasteiger partial charge on any atom is -0.462 e. The topological polar surface area (TPSA) is 55.4 Å². The number of dihydropyridines is 1. The van der Waals surface area contributed by atoms with Crippen LogP contribution in [0.2, 0.25) is 0 Å². The Morgan fingerprint density at radius 2 is 1.87 bits per heavy atom. The van der Waals surface area contributed by atoms with Crippen LogP contribution in [0.5, 0.6) is 0 Å². The van der Waals surface area contributed by atoms with Gasteiger partial charge >= 0.3 is 5.97 Å². The number of nitrogens with one attached hydrogen (secondary N) is 1. The Hall–Kier alpha value is -2.66. The van der Waals surface area contributed by atoms with Gasteiger partial charge in [-0.15, -0.1) is 11.3 Å². The lowest BCUT2D eigenvalue weighted by molar-refractivity contribution is -0.139. The summed E-state index contributed by atoms with van der Waals surface area (Å²) in [4.78, 5) is 28.7. The molecule has 0 spiro atoms. The van der Waals surface area contributed by atoms with Crippen molar-refractivity contribution in [3.8, 4) is 0 Å². The Labute approximate surface area is 188 Å². The number of ketones is 1. The molecule has 0 fully saturated rings. The van der Waals surface area contributed by atoms with Gasteiger partial charge in [-0.05, 0) is 43.4 Å². The number of rotatable bonds is 5. The highest BCUT2D eigenvalue weighted by molar-refractivity contribution is 7.12. The molecule has 0 radical (unpaired) electrons. The van der Waals surface area contributed by atoms with Crippen molar-refractivity contribution in [3.63, 3.8) is 0 Å². The summed E-state index contributed by atoms with van der Waals surface area (Å²) >= 11 is 1.64. The van der Waals surface area contributed by atoms with Gasteiger partial charge in [0.25, 0.3) is 0 Å². The van der Waals surface area contributed by atoms with E-state index in [4.69, 9.17) is 4.74 Å².